The average Bonchev–Trinajstić information content (AvgIpc) is 2.56. The van der Waals surface area contributed by atoms with Crippen molar-refractivity contribution in [2.75, 3.05) is 20.1 Å². The summed E-state index contributed by atoms with van der Waals surface area (Å²) >= 11 is 9.54. The molecule has 0 unspecified atom stereocenters. The molecule has 24 heavy (non-hydrogen) atoms. The molecule has 1 aliphatic heterocycles. The van der Waals surface area contributed by atoms with E-state index >= 15 is 0 Å². The van der Waals surface area contributed by atoms with Crippen LogP contribution >= 0.6 is 27.5 Å². The van der Waals surface area contributed by atoms with E-state index in [9.17, 15) is 0 Å². The summed E-state index contributed by atoms with van der Waals surface area (Å²) in [5.74, 6) is 1.55. The molecule has 0 amide bonds. The largest absolute Gasteiger partial charge is 0.486 e. The molecule has 0 N–H and O–H groups in total. The molecule has 1 fully saturated rings. The summed E-state index contributed by atoms with van der Waals surface area (Å²) in [5, 5.41) is 0.717. The number of likely N-dealkylation sites (tertiary alicyclic amines) is 1. The van der Waals surface area contributed by atoms with E-state index in [1.165, 1.54) is 0 Å². The van der Waals surface area contributed by atoms with Crippen molar-refractivity contribution in [3.63, 3.8) is 0 Å². The number of piperidine rings is 1. The van der Waals surface area contributed by atoms with Gasteiger partial charge in [-0.1, -0.05) is 39.7 Å². The Kier molecular flexibility index (Phi) is 6.04. The summed E-state index contributed by atoms with van der Waals surface area (Å²) in [4.78, 5) is 2.33. The lowest BCUT2D eigenvalue weighted by molar-refractivity contribution is 0.109. The number of benzene rings is 2. The zero-order chi connectivity index (χ0) is 16.9. The highest BCUT2D eigenvalue weighted by atomic mass is 79.9. The van der Waals surface area contributed by atoms with Gasteiger partial charge in [-0.2, -0.15) is 0 Å². The lowest BCUT2D eigenvalue weighted by Crippen LogP contribution is -2.35. The van der Waals surface area contributed by atoms with Crippen molar-refractivity contribution in [3.05, 3.63) is 57.5 Å². The monoisotopic (exact) mass is 409 g/mol. The predicted molar refractivity (Wildman–Crippen MR) is 101 cm³/mol. The maximum Gasteiger partial charge on any atom is 0.162 e. The van der Waals surface area contributed by atoms with Gasteiger partial charge in [0.2, 0.25) is 0 Å². The second-order valence-corrected chi connectivity index (χ2v) is 7.48. The van der Waals surface area contributed by atoms with Gasteiger partial charge in [-0.15, -0.1) is 0 Å². The van der Waals surface area contributed by atoms with Gasteiger partial charge in [0, 0.05) is 22.6 Å². The van der Waals surface area contributed by atoms with Gasteiger partial charge in [-0.25, -0.2) is 0 Å². The van der Waals surface area contributed by atoms with Crippen molar-refractivity contribution in [1.29, 1.82) is 0 Å². The fraction of sp³-hybridized carbons (Fsp3) is 0.368. The summed E-state index contributed by atoms with van der Waals surface area (Å²) in [6, 6.07) is 13.6. The number of halogens is 2. The molecule has 0 aromatic heterocycles. The fourth-order valence-electron chi connectivity index (χ4n) is 2.76. The van der Waals surface area contributed by atoms with Crippen LogP contribution in [0.2, 0.25) is 5.02 Å². The first-order valence-electron chi connectivity index (χ1n) is 8.12. The third-order valence-corrected chi connectivity index (χ3v) is 4.88. The van der Waals surface area contributed by atoms with Gasteiger partial charge in [0.25, 0.3) is 0 Å². The van der Waals surface area contributed by atoms with Crippen molar-refractivity contribution in [1.82, 2.24) is 4.90 Å². The third kappa shape index (κ3) is 4.88. The smallest absolute Gasteiger partial charge is 0.162 e. The Morgan fingerprint density at radius 3 is 2.67 bits per heavy atom. The Morgan fingerprint density at radius 2 is 1.92 bits per heavy atom. The summed E-state index contributed by atoms with van der Waals surface area (Å²) in [6.45, 7) is 2.60. The molecular formula is C19H21BrClNO2. The number of hydrogen-bond donors (Lipinski definition) is 0. The molecule has 5 heteroatoms. The standard InChI is InChI=1S/C19H21BrClNO2/c1-22-9-7-17(8-10-22)24-19-12-15(20)5-6-18(19)23-13-14-3-2-4-16(21)11-14/h2-6,11-12,17H,7-10,13H2,1H3. The first-order valence-corrected chi connectivity index (χ1v) is 9.29. The first kappa shape index (κ1) is 17.6. The predicted octanol–water partition coefficient (Wildman–Crippen LogP) is 5.15. The quantitative estimate of drug-likeness (QED) is 0.680. The molecule has 0 aliphatic carbocycles. The van der Waals surface area contributed by atoms with Crippen LogP contribution in [0.15, 0.2) is 46.9 Å². The van der Waals surface area contributed by atoms with Crippen molar-refractivity contribution in [2.24, 2.45) is 0 Å². The molecular weight excluding hydrogens is 390 g/mol. The number of hydrogen-bond acceptors (Lipinski definition) is 3. The van der Waals surface area contributed by atoms with Crippen LogP contribution in [0.4, 0.5) is 0 Å². The van der Waals surface area contributed by atoms with Crippen molar-refractivity contribution in [2.45, 2.75) is 25.6 Å². The second kappa shape index (κ2) is 8.24. The Labute approximate surface area is 156 Å². The van der Waals surface area contributed by atoms with Gasteiger partial charge in [-0.05, 0) is 55.8 Å². The molecule has 0 bridgehead atoms. The SMILES string of the molecule is CN1CCC(Oc2cc(Br)ccc2OCc2cccc(Cl)c2)CC1. The lowest BCUT2D eigenvalue weighted by atomic mass is 10.1. The van der Waals surface area contributed by atoms with E-state index in [1.807, 2.05) is 42.5 Å². The van der Waals surface area contributed by atoms with Crippen molar-refractivity contribution in [3.8, 4) is 11.5 Å². The number of nitrogens with zero attached hydrogens (tertiary/aromatic N) is 1. The Hall–Kier alpha value is -1.23. The molecule has 0 radical (unpaired) electrons. The minimum atomic E-state index is 0.240. The van der Waals surface area contributed by atoms with Gasteiger partial charge in [0.15, 0.2) is 11.5 Å². The first-order chi connectivity index (χ1) is 11.6. The molecule has 128 valence electrons. The molecule has 2 aromatic carbocycles. The Balaban J connectivity index is 1.68. The molecule has 3 nitrogen and oxygen atoms in total. The zero-order valence-electron chi connectivity index (χ0n) is 13.7. The van der Waals surface area contributed by atoms with Gasteiger partial charge < -0.3 is 14.4 Å². The van der Waals surface area contributed by atoms with E-state index in [0.717, 1.165) is 52.5 Å². The molecule has 0 atom stereocenters. The highest BCUT2D eigenvalue weighted by molar-refractivity contribution is 9.10. The molecule has 3 rings (SSSR count). The van der Waals surface area contributed by atoms with Crippen molar-refractivity contribution >= 4 is 27.5 Å². The van der Waals surface area contributed by atoms with E-state index in [0.29, 0.717) is 6.61 Å². The zero-order valence-corrected chi connectivity index (χ0v) is 16.0. The van der Waals surface area contributed by atoms with Crippen LogP contribution in [0.1, 0.15) is 18.4 Å². The van der Waals surface area contributed by atoms with Gasteiger partial charge in [0.1, 0.15) is 12.7 Å². The minimum absolute atomic E-state index is 0.240. The van der Waals surface area contributed by atoms with E-state index in [4.69, 9.17) is 21.1 Å². The van der Waals surface area contributed by atoms with Crippen LogP contribution in [-0.4, -0.2) is 31.1 Å². The summed E-state index contributed by atoms with van der Waals surface area (Å²) in [6.07, 6.45) is 2.32. The summed E-state index contributed by atoms with van der Waals surface area (Å²) < 4.78 is 13.2. The molecule has 1 saturated heterocycles. The lowest BCUT2D eigenvalue weighted by Gasteiger charge is -2.29. The second-order valence-electron chi connectivity index (χ2n) is 6.13. The summed E-state index contributed by atoms with van der Waals surface area (Å²) in [5.41, 5.74) is 1.04. The topological polar surface area (TPSA) is 21.7 Å². The van der Waals surface area contributed by atoms with E-state index in [-0.39, 0.29) is 6.10 Å². The van der Waals surface area contributed by atoms with E-state index in [1.54, 1.807) is 0 Å². The number of ether oxygens (including phenoxy) is 2. The maximum atomic E-state index is 6.22. The Morgan fingerprint density at radius 1 is 1.12 bits per heavy atom. The molecule has 2 aromatic rings. The molecule has 1 aliphatic rings. The van der Waals surface area contributed by atoms with Crippen molar-refractivity contribution < 1.29 is 9.47 Å². The molecule has 0 saturated carbocycles. The minimum Gasteiger partial charge on any atom is -0.486 e. The van der Waals surface area contributed by atoms with Gasteiger partial charge in [-0.3, -0.25) is 0 Å². The van der Waals surface area contributed by atoms with E-state index < -0.39 is 0 Å². The van der Waals surface area contributed by atoms with Crippen LogP contribution in [0, 0.1) is 0 Å². The average molecular weight is 411 g/mol. The van der Waals surface area contributed by atoms with Gasteiger partial charge in [0.05, 0.1) is 0 Å². The highest BCUT2D eigenvalue weighted by Gasteiger charge is 2.19. The van der Waals surface area contributed by atoms with E-state index in [2.05, 4.69) is 27.9 Å². The highest BCUT2D eigenvalue weighted by Crippen LogP contribution is 2.33. The van der Waals surface area contributed by atoms with Gasteiger partial charge >= 0.3 is 0 Å². The summed E-state index contributed by atoms with van der Waals surface area (Å²) in [7, 11) is 2.15. The number of rotatable bonds is 5. The molecule has 1 heterocycles. The van der Waals surface area contributed by atoms with Crippen LogP contribution in [0.25, 0.3) is 0 Å². The normalized spacial score (nSPS) is 16.1. The van der Waals surface area contributed by atoms with Crippen LogP contribution in [0.3, 0.4) is 0 Å². The fourth-order valence-corrected chi connectivity index (χ4v) is 3.32. The van der Waals surface area contributed by atoms with Crippen LogP contribution in [0.5, 0.6) is 11.5 Å². The van der Waals surface area contributed by atoms with Crippen LogP contribution < -0.4 is 9.47 Å². The molecule has 0 spiro atoms. The van der Waals surface area contributed by atoms with Crippen LogP contribution in [-0.2, 0) is 6.61 Å². The maximum absolute atomic E-state index is 6.22. The Bertz CT molecular complexity index is 687. The third-order valence-electron chi connectivity index (χ3n) is 4.15.